The van der Waals surface area contributed by atoms with Gasteiger partial charge >= 0.3 is 0 Å². The minimum Gasteiger partial charge on any atom is -0.491 e. The maximum atomic E-state index is 12.3. The van der Waals surface area contributed by atoms with Crippen LogP contribution >= 0.6 is 15.9 Å². The molecule has 2 aromatic carbocycles. The SMILES string of the molecule is O=C(Nc1cccc(OC[C@@H]2CCCO2)c1)c1ccccc1Br. The van der Waals surface area contributed by atoms with E-state index >= 15 is 0 Å². The minimum atomic E-state index is -0.159. The van der Waals surface area contributed by atoms with Gasteiger partial charge in [0.2, 0.25) is 0 Å². The monoisotopic (exact) mass is 375 g/mol. The quantitative estimate of drug-likeness (QED) is 0.848. The molecule has 0 radical (unpaired) electrons. The number of carbonyl (C=O) groups is 1. The second-order valence-corrected chi connectivity index (χ2v) is 6.26. The zero-order chi connectivity index (χ0) is 16.1. The molecular weight excluding hydrogens is 358 g/mol. The summed E-state index contributed by atoms with van der Waals surface area (Å²) in [4.78, 5) is 12.3. The molecule has 0 aliphatic carbocycles. The van der Waals surface area contributed by atoms with E-state index in [0.29, 0.717) is 17.9 Å². The summed E-state index contributed by atoms with van der Waals surface area (Å²) in [6.45, 7) is 1.36. The third-order valence-corrected chi connectivity index (χ3v) is 4.36. The van der Waals surface area contributed by atoms with Crippen LogP contribution in [0.15, 0.2) is 53.0 Å². The van der Waals surface area contributed by atoms with Crippen LogP contribution in [0.1, 0.15) is 23.2 Å². The van der Waals surface area contributed by atoms with Crippen molar-refractivity contribution >= 4 is 27.5 Å². The lowest BCUT2D eigenvalue weighted by Crippen LogP contribution is -2.16. The zero-order valence-electron chi connectivity index (χ0n) is 12.6. The molecule has 1 heterocycles. The van der Waals surface area contributed by atoms with Crippen molar-refractivity contribution in [3.05, 3.63) is 58.6 Å². The number of hydrogen-bond acceptors (Lipinski definition) is 3. The van der Waals surface area contributed by atoms with Crippen LogP contribution in [0.2, 0.25) is 0 Å². The van der Waals surface area contributed by atoms with Crippen LogP contribution in [0.3, 0.4) is 0 Å². The Hall–Kier alpha value is -1.85. The minimum absolute atomic E-state index is 0.159. The molecule has 23 heavy (non-hydrogen) atoms. The van der Waals surface area contributed by atoms with E-state index in [0.717, 1.165) is 29.7 Å². The summed E-state index contributed by atoms with van der Waals surface area (Å²) in [5.41, 5.74) is 1.30. The first-order valence-electron chi connectivity index (χ1n) is 7.63. The van der Waals surface area contributed by atoms with Crippen molar-refractivity contribution in [2.24, 2.45) is 0 Å². The number of hydrogen-bond donors (Lipinski definition) is 1. The summed E-state index contributed by atoms with van der Waals surface area (Å²) in [5.74, 6) is 0.569. The molecule has 1 amide bonds. The normalized spacial score (nSPS) is 17.0. The second-order valence-electron chi connectivity index (χ2n) is 5.41. The van der Waals surface area contributed by atoms with Gasteiger partial charge in [0, 0.05) is 22.8 Å². The van der Waals surface area contributed by atoms with E-state index in [2.05, 4.69) is 21.2 Å². The Bertz CT molecular complexity index is 683. The van der Waals surface area contributed by atoms with E-state index in [1.807, 2.05) is 42.5 Å². The van der Waals surface area contributed by atoms with E-state index in [1.165, 1.54) is 0 Å². The molecule has 0 aromatic heterocycles. The second kappa shape index (κ2) is 7.62. The predicted molar refractivity (Wildman–Crippen MR) is 93.0 cm³/mol. The number of anilines is 1. The van der Waals surface area contributed by atoms with Crippen molar-refractivity contribution in [3.63, 3.8) is 0 Å². The lowest BCUT2D eigenvalue weighted by molar-refractivity contribution is 0.0680. The zero-order valence-corrected chi connectivity index (χ0v) is 14.2. The Kier molecular flexibility index (Phi) is 5.31. The largest absolute Gasteiger partial charge is 0.491 e. The van der Waals surface area contributed by atoms with Gasteiger partial charge in [0.15, 0.2) is 0 Å². The third-order valence-electron chi connectivity index (χ3n) is 3.67. The molecule has 3 rings (SSSR count). The maximum absolute atomic E-state index is 12.3. The number of nitrogens with one attached hydrogen (secondary N) is 1. The predicted octanol–water partition coefficient (Wildman–Crippen LogP) is 4.26. The van der Waals surface area contributed by atoms with Gasteiger partial charge in [-0.05, 0) is 53.0 Å². The third kappa shape index (κ3) is 4.33. The van der Waals surface area contributed by atoms with Gasteiger partial charge in [-0.15, -0.1) is 0 Å². The molecular formula is C18H18BrNO3. The average Bonchev–Trinajstić information content (AvgIpc) is 3.07. The average molecular weight is 376 g/mol. The highest BCUT2D eigenvalue weighted by atomic mass is 79.9. The topological polar surface area (TPSA) is 47.6 Å². The fourth-order valence-electron chi connectivity index (χ4n) is 2.47. The molecule has 5 heteroatoms. The Labute approximate surface area is 143 Å². The van der Waals surface area contributed by atoms with Crippen molar-refractivity contribution in [2.75, 3.05) is 18.5 Å². The van der Waals surface area contributed by atoms with Crippen LogP contribution in [-0.2, 0) is 4.74 Å². The van der Waals surface area contributed by atoms with Crippen LogP contribution in [0, 0.1) is 0 Å². The Morgan fingerprint density at radius 2 is 2.13 bits per heavy atom. The van der Waals surface area contributed by atoms with Gasteiger partial charge < -0.3 is 14.8 Å². The van der Waals surface area contributed by atoms with Crippen molar-refractivity contribution in [2.45, 2.75) is 18.9 Å². The highest BCUT2D eigenvalue weighted by Crippen LogP contribution is 2.22. The van der Waals surface area contributed by atoms with Crippen molar-refractivity contribution in [1.82, 2.24) is 0 Å². The standard InChI is InChI=1S/C18H18BrNO3/c19-17-9-2-1-8-16(17)18(21)20-13-5-3-6-14(11-13)23-12-15-7-4-10-22-15/h1-3,5-6,8-9,11,15H,4,7,10,12H2,(H,20,21)/t15-/m0/s1. The van der Waals surface area contributed by atoms with Crippen LogP contribution in [0.4, 0.5) is 5.69 Å². The Morgan fingerprint density at radius 3 is 2.91 bits per heavy atom. The summed E-state index contributed by atoms with van der Waals surface area (Å²) in [5, 5.41) is 2.89. The number of ether oxygens (including phenoxy) is 2. The number of amides is 1. The number of rotatable bonds is 5. The summed E-state index contributed by atoms with van der Waals surface area (Å²) < 4.78 is 12.1. The summed E-state index contributed by atoms with van der Waals surface area (Å²) in [6, 6.07) is 14.7. The number of carbonyl (C=O) groups excluding carboxylic acids is 1. The fourth-order valence-corrected chi connectivity index (χ4v) is 2.94. The summed E-state index contributed by atoms with van der Waals surface area (Å²) in [7, 11) is 0. The van der Waals surface area contributed by atoms with Crippen LogP contribution in [0.25, 0.3) is 0 Å². The van der Waals surface area contributed by atoms with Gasteiger partial charge in [0.25, 0.3) is 5.91 Å². The van der Waals surface area contributed by atoms with Crippen LogP contribution in [0.5, 0.6) is 5.75 Å². The number of benzene rings is 2. The van der Waals surface area contributed by atoms with E-state index in [1.54, 1.807) is 6.07 Å². The Balaban J connectivity index is 1.63. The molecule has 4 nitrogen and oxygen atoms in total. The molecule has 0 unspecified atom stereocenters. The number of halogens is 1. The van der Waals surface area contributed by atoms with E-state index < -0.39 is 0 Å². The molecule has 1 fully saturated rings. The highest BCUT2D eigenvalue weighted by Gasteiger charge is 2.16. The molecule has 1 N–H and O–H groups in total. The van der Waals surface area contributed by atoms with Gasteiger partial charge in [-0.1, -0.05) is 18.2 Å². The molecule has 1 aliphatic rings. The van der Waals surface area contributed by atoms with E-state index in [-0.39, 0.29) is 12.0 Å². The van der Waals surface area contributed by atoms with Gasteiger partial charge in [0.1, 0.15) is 12.4 Å². The van der Waals surface area contributed by atoms with E-state index in [4.69, 9.17) is 9.47 Å². The van der Waals surface area contributed by atoms with Gasteiger partial charge in [-0.25, -0.2) is 0 Å². The lowest BCUT2D eigenvalue weighted by atomic mass is 10.2. The van der Waals surface area contributed by atoms with Gasteiger partial charge in [0.05, 0.1) is 11.7 Å². The molecule has 120 valence electrons. The molecule has 0 bridgehead atoms. The molecule has 1 saturated heterocycles. The lowest BCUT2D eigenvalue weighted by Gasteiger charge is -2.13. The molecule has 0 spiro atoms. The van der Waals surface area contributed by atoms with Crippen molar-refractivity contribution < 1.29 is 14.3 Å². The van der Waals surface area contributed by atoms with Gasteiger partial charge in [-0.2, -0.15) is 0 Å². The first kappa shape index (κ1) is 16.0. The highest BCUT2D eigenvalue weighted by molar-refractivity contribution is 9.10. The Morgan fingerprint density at radius 1 is 1.26 bits per heavy atom. The van der Waals surface area contributed by atoms with Gasteiger partial charge in [-0.3, -0.25) is 4.79 Å². The molecule has 2 aromatic rings. The van der Waals surface area contributed by atoms with Crippen molar-refractivity contribution in [3.8, 4) is 5.75 Å². The fraction of sp³-hybridized carbons (Fsp3) is 0.278. The molecule has 0 saturated carbocycles. The first-order chi connectivity index (χ1) is 11.2. The van der Waals surface area contributed by atoms with Crippen molar-refractivity contribution in [1.29, 1.82) is 0 Å². The maximum Gasteiger partial charge on any atom is 0.256 e. The molecule has 1 aliphatic heterocycles. The van der Waals surface area contributed by atoms with Crippen LogP contribution in [-0.4, -0.2) is 25.2 Å². The summed E-state index contributed by atoms with van der Waals surface area (Å²) in [6.07, 6.45) is 2.31. The van der Waals surface area contributed by atoms with E-state index in [9.17, 15) is 4.79 Å². The van der Waals surface area contributed by atoms with Crippen LogP contribution < -0.4 is 10.1 Å². The smallest absolute Gasteiger partial charge is 0.256 e. The first-order valence-corrected chi connectivity index (χ1v) is 8.42. The molecule has 1 atom stereocenters. The summed E-state index contributed by atoms with van der Waals surface area (Å²) >= 11 is 3.39.